The van der Waals surface area contributed by atoms with E-state index < -0.39 is 10.0 Å². The SMILES string of the molecule is Cc1nn(C(C)(C)C)c(C)c1S(=O)(=O)N1CCN(CCC(C)(C)C)CC1. The Balaban J connectivity index is 2.14. The van der Waals surface area contributed by atoms with Crippen LogP contribution < -0.4 is 0 Å². The molecule has 0 spiro atoms. The monoisotopic (exact) mass is 384 g/mol. The topological polar surface area (TPSA) is 58.4 Å². The highest BCUT2D eigenvalue weighted by atomic mass is 32.2. The average molecular weight is 385 g/mol. The zero-order chi connectivity index (χ0) is 19.9. The largest absolute Gasteiger partial charge is 0.301 e. The van der Waals surface area contributed by atoms with Crippen molar-refractivity contribution in [3.05, 3.63) is 11.4 Å². The van der Waals surface area contributed by atoms with E-state index in [2.05, 4.69) is 30.8 Å². The molecule has 7 heteroatoms. The number of nitrogens with zero attached hydrogens (tertiary/aromatic N) is 4. The minimum atomic E-state index is -3.51. The highest BCUT2D eigenvalue weighted by Crippen LogP contribution is 2.28. The molecular formula is C19H36N4O2S. The normalized spacial score (nSPS) is 18.5. The molecule has 1 saturated heterocycles. The van der Waals surface area contributed by atoms with E-state index in [9.17, 15) is 8.42 Å². The van der Waals surface area contributed by atoms with Crippen LogP contribution in [0.1, 0.15) is 59.4 Å². The van der Waals surface area contributed by atoms with Crippen LogP contribution in [0.25, 0.3) is 0 Å². The van der Waals surface area contributed by atoms with Crippen molar-refractivity contribution in [3.8, 4) is 0 Å². The molecule has 150 valence electrons. The first-order valence-corrected chi connectivity index (χ1v) is 11.0. The predicted molar refractivity (Wildman–Crippen MR) is 106 cm³/mol. The smallest absolute Gasteiger partial charge is 0.246 e. The lowest BCUT2D eigenvalue weighted by molar-refractivity contribution is 0.167. The molecule has 26 heavy (non-hydrogen) atoms. The van der Waals surface area contributed by atoms with Crippen molar-refractivity contribution in [1.82, 2.24) is 19.0 Å². The molecule has 1 aromatic rings. The fourth-order valence-corrected chi connectivity index (χ4v) is 5.25. The third-order valence-electron chi connectivity index (χ3n) is 4.97. The molecule has 0 N–H and O–H groups in total. The summed E-state index contributed by atoms with van der Waals surface area (Å²) in [5.41, 5.74) is 1.38. The molecule has 1 aromatic heterocycles. The van der Waals surface area contributed by atoms with Gasteiger partial charge >= 0.3 is 0 Å². The molecule has 0 aromatic carbocycles. The number of rotatable bonds is 4. The molecule has 0 bridgehead atoms. The zero-order valence-corrected chi connectivity index (χ0v) is 18.6. The van der Waals surface area contributed by atoms with E-state index in [0.717, 1.165) is 31.7 Å². The molecule has 1 aliphatic rings. The van der Waals surface area contributed by atoms with Crippen molar-refractivity contribution in [3.63, 3.8) is 0 Å². The molecule has 0 amide bonds. The Labute approximate surface area is 159 Å². The second-order valence-electron chi connectivity index (χ2n) is 9.64. The van der Waals surface area contributed by atoms with Crippen LogP contribution in [-0.2, 0) is 15.6 Å². The van der Waals surface area contributed by atoms with Gasteiger partial charge in [0.15, 0.2) is 0 Å². The third-order valence-corrected chi connectivity index (χ3v) is 7.12. The Morgan fingerprint density at radius 2 is 1.50 bits per heavy atom. The van der Waals surface area contributed by atoms with Crippen molar-refractivity contribution >= 4 is 10.0 Å². The summed E-state index contributed by atoms with van der Waals surface area (Å²) in [7, 11) is -3.51. The number of sulfonamides is 1. The Morgan fingerprint density at radius 1 is 0.962 bits per heavy atom. The van der Waals surface area contributed by atoms with Crippen molar-refractivity contribution in [2.45, 2.75) is 72.2 Å². The third kappa shape index (κ3) is 4.67. The van der Waals surface area contributed by atoms with E-state index in [1.54, 1.807) is 11.2 Å². The fourth-order valence-electron chi connectivity index (χ4n) is 3.47. The van der Waals surface area contributed by atoms with E-state index in [1.807, 2.05) is 32.4 Å². The van der Waals surface area contributed by atoms with Gasteiger partial charge in [-0.2, -0.15) is 9.40 Å². The number of piperazine rings is 1. The molecule has 0 aliphatic carbocycles. The predicted octanol–water partition coefficient (Wildman–Crippen LogP) is 3.00. The average Bonchev–Trinajstić information content (AvgIpc) is 2.80. The van der Waals surface area contributed by atoms with Crippen LogP contribution in [0.15, 0.2) is 4.90 Å². The molecule has 2 heterocycles. The molecule has 1 fully saturated rings. The van der Waals surface area contributed by atoms with E-state index in [-0.39, 0.29) is 5.54 Å². The summed E-state index contributed by atoms with van der Waals surface area (Å²) < 4.78 is 30.0. The summed E-state index contributed by atoms with van der Waals surface area (Å²) in [6, 6.07) is 0. The Morgan fingerprint density at radius 3 is 1.92 bits per heavy atom. The number of hydrogen-bond donors (Lipinski definition) is 0. The van der Waals surface area contributed by atoms with Gasteiger partial charge < -0.3 is 4.90 Å². The molecule has 0 radical (unpaired) electrons. The van der Waals surface area contributed by atoms with Gasteiger partial charge in [0.25, 0.3) is 0 Å². The molecule has 0 unspecified atom stereocenters. The van der Waals surface area contributed by atoms with Crippen LogP contribution >= 0.6 is 0 Å². The summed E-state index contributed by atoms with van der Waals surface area (Å²) in [6.07, 6.45) is 1.12. The van der Waals surface area contributed by atoms with Crippen LogP contribution in [0.2, 0.25) is 0 Å². The van der Waals surface area contributed by atoms with Gasteiger partial charge in [0.1, 0.15) is 4.90 Å². The second-order valence-corrected chi connectivity index (χ2v) is 11.5. The maximum Gasteiger partial charge on any atom is 0.246 e. The van der Waals surface area contributed by atoms with Crippen molar-refractivity contribution in [2.75, 3.05) is 32.7 Å². The first-order valence-electron chi connectivity index (χ1n) is 9.53. The lowest BCUT2D eigenvalue weighted by Gasteiger charge is -2.35. The second kappa shape index (κ2) is 7.24. The highest BCUT2D eigenvalue weighted by Gasteiger charge is 2.34. The molecule has 6 nitrogen and oxygen atoms in total. The van der Waals surface area contributed by atoms with Gasteiger partial charge in [-0.15, -0.1) is 0 Å². The van der Waals surface area contributed by atoms with Gasteiger partial charge in [0, 0.05) is 26.2 Å². The molecule has 0 atom stereocenters. The van der Waals surface area contributed by atoms with Crippen molar-refractivity contribution < 1.29 is 8.42 Å². The van der Waals surface area contributed by atoms with Crippen molar-refractivity contribution in [2.24, 2.45) is 5.41 Å². The maximum atomic E-state index is 13.2. The maximum absolute atomic E-state index is 13.2. The van der Waals surface area contributed by atoms with E-state index in [4.69, 9.17) is 0 Å². The molecule has 2 rings (SSSR count). The lowest BCUT2D eigenvalue weighted by atomic mass is 9.92. The quantitative estimate of drug-likeness (QED) is 0.801. The summed E-state index contributed by atoms with van der Waals surface area (Å²) in [5.74, 6) is 0. The summed E-state index contributed by atoms with van der Waals surface area (Å²) in [4.78, 5) is 2.76. The Kier molecular flexibility index (Phi) is 5.96. The first kappa shape index (κ1) is 21.4. The van der Waals surface area contributed by atoms with Gasteiger partial charge in [-0.1, -0.05) is 20.8 Å². The van der Waals surface area contributed by atoms with Crippen LogP contribution in [0.4, 0.5) is 0 Å². The number of aromatic nitrogens is 2. The lowest BCUT2D eigenvalue weighted by Crippen LogP contribution is -2.49. The number of hydrogen-bond acceptors (Lipinski definition) is 4. The summed E-state index contributed by atoms with van der Waals surface area (Å²) >= 11 is 0. The van der Waals surface area contributed by atoms with E-state index >= 15 is 0 Å². The molecular weight excluding hydrogens is 348 g/mol. The molecule has 0 saturated carbocycles. The first-order chi connectivity index (χ1) is 11.7. The highest BCUT2D eigenvalue weighted by molar-refractivity contribution is 7.89. The summed E-state index contributed by atoms with van der Waals surface area (Å²) in [5, 5.41) is 4.51. The minimum Gasteiger partial charge on any atom is -0.301 e. The zero-order valence-electron chi connectivity index (χ0n) is 17.8. The van der Waals surface area contributed by atoms with Crippen molar-refractivity contribution in [1.29, 1.82) is 0 Å². The van der Waals surface area contributed by atoms with Crippen LogP contribution in [-0.4, -0.2) is 60.1 Å². The van der Waals surface area contributed by atoms with E-state index in [1.165, 1.54) is 0 Å². The summed E-state index contributed by atoms with van der Waals surface area (Å²) in [6.45, 7) is 20.2. The Bertz CT molecular complexity index is 731. The standard InChI is InChI=1S/C19H36N4O2S/c1-15-17(16(2)23(20-15)19(6,7)8)26(24,25)22-13-11-21(12-14-22)10-9-18(3,4)5/h9-14H2,1-8H3. The van der Waals surface area contributed by atoms with Gasteiger partial charge in [0.05, 0.1) is 16.9 Å². The Hall–Kier alpha value is -0.920. The molecule has 1 aliphatic heterocycles. The van der Waals surface area contributed by atoms with Crippen LogP contribution in [0, 0.1) is 19.3 Å². The van der Waals surface area contributed by atoms with Crippen LogP contribution in [0.5, 0.6) is 0 Å². The van der Waals surface area contributed by atoms with Crippen LogP contribution in [0.3, 0.4) is 0 Å². The van der Waals surface area contributed by atoms with Gasteiger partial charge in [-0.3, -0.25) is 4.68 Å². The number of aryl methyl sites for hydroxylation is 1. The fraction of sp³-hybridized carbons (Fsp3) is 0.842. The van der Waals surface area contributed by atoms with Gasteiger partial charge in [-0.05, 0) is 53.0 Å². The van der Waals surface area contributed by atoms with E-state index in [0.29, 0.717) is 29.1 Å². The van der Waals surface area contributed by atoms with Gasteiger partial charge in [0.2, 0.25) is 10.0 Å². The van der Waals surface area contributed by atoms with Gasteiger partial charge in [-0.25, -0.2) is 8.42 Å². The minimum absolute atomic E-state index is 0.242.